The lowest BCUT2D eigenvalue weighted by Gasteiger charge is -2.26. The number of hydrogen-bond acceptors (Lipinski definition) is 3. The van der Waals surface area contributed by atoms with Crippen LogP contribution in [-0.4, -0.2) is 41.6 Å². The maximum absolute atomic E-state index is 12.6. The Morgan fingerprint density at radius 1 is 1.55 bits per heavy atom. The van der Waals surface area contributed by atoms with E-state index in [1.807, 2.05) is 4.90 Å². The molecule has 5 heteroatoms. The van der Waals surface area contributed by atoms with E-state index in [0.29, 0.717) is 24.7 Å². The zero-order valence-corrected chi connectivity index (χ0v) is 13.3. The lowest BCUT2D eigenvalue weighted by Crippen LogP contribution is -2.41. The summed E-state index contributed by atoms with van der Waals surface area (Å²) >= 11 is 3.29. The van der Waals surface area contributed by atoms with Gasteiger partial charge in [-0.25, -0.2) is 0 Å². The highest BCUT2D eigenvalue weighted by Gasteiger charge is 2.23. The summed E-state index contributed by atoms with van der Waals surface area (Å²) in [6.07, 6.45) is 3.19. The fraction of sp³-hybridized carbons (Fsp3) is 0.533. The fourth-order valence-electron chi connectivity index (χ4n) is 2.58. The number of phenols is 1. The molecule has 0 spiro atoms. The Balaban J connectivity index is 2.12. The van der Waals surface area contributed by atoms with Crippen molar-refractivity contribution in [2.45, 2.75) is 32.2 Å². The van der Waals surface area contributed by atoms with Gasteiger partial charge in [0.2, 0.25) is 0 Å². The molecule has 1 heterocycles. The third-order valence-electron chi connectivity index (χ3n) is 3.57. The maximum Gasteiger partial charge on any atom is 0.257 e. The predicted octanol–water partition coefficient (Wildman–Crippen LogP) is 2.76. The van der Waals surface area contributed by atoms with Gasteiger partial charge in [-0.3, -0.25) is 4.79 Å². The topological polar surface area (TPSA) is 52.6 Å². The number of nitrogens with zero attached hydrogens (tertiary/aromatic N) is 1. The fourth-order valence-corrected chi connectivity index (χ4v) is 2.93. The number of amides is 1. The van der Waals surface area contributed by atoms with Gasteiger partial charge in [-0.05, 0) is 44.0 Å². The standard InChI is InChI=1S/C15H21BrN2O2/c1-2-8-18(10-12-4-3-7-17-12)15(20)13-6-5-11(16)9-14(13)19/h5-6,9,12,17,19H,2-4,7-8,10H2,1H3. The number of hydrogen-bond donors (Lipinski definition) is 2. The van der Waals surface area contributed by atoms with Gasteiger partial charge >= 0.3 is 0 Å². The number of rotatable bonds is 5. The summed E-state index contributed by atoms with van der Waals surface area (Å²) in [7, 11) is 0. The molecule has 1 amide bonds. The summed E-state index contributed by atoms with van der Waals surface area (Å²) in [4.78, 5) is 14.4. The van der Waals surface area contributed by atoms with Crippen LogP contribution in [0.5, 0.6) is 5.75 Å². The first-order valence-electron chi connectivity index (χ1n) is 7.13. The van der Waals surface area contributed by atoms with Crippen LogP contribution in [0, 0.1) is 0 Å². The molecule has 2 rings (SSSR count). The number of halogens is 1. The number of benzene rings is 1. The summed E-state index contributed by atoms with van der Waals surface area (Å²) in [5.74, 6) is -0.0598. The van der Waals surface area contributed by atoms with Crippen molar-refractivity contribution in [2.75, 3.05) is 19.6 Å². The Bertz CT molecular complexity index is 473. The van der Waals surface area contributed by atoms with Gasteiger partial charge in [0.25, 0.3) is 5.91 Å². The highest BCUT2D eigenvalue weighted by molar-refractivity contribution is 9.10. The number of aromatic hydroxyl groups is 1. The lowest BCUT2D eigenvalue weighted by atomic mass is 10.1. The van der Waals surface area contributed by atoms with E-state index in [-0.39, 0.29) is 11.7 Å². The molecule has 1 unspecified atom stereocenters. The van der Waals surface area contributed by atoms with E-state index in [1.54, 1.807) is 18.2 Å². The Labute approximate surface area is 128 Å². The quantitative estimate of drug-likeness (QED) is 0.866. The lowest BCUT2D eigenvalue weighted by molar-refractivity contribution is 0.0739. The van der Waals surface area contributed by atoms with Gasteiger partial charge in [0, 0.05) is 23.6 Å². The second-order valence-electron chi connectivity index (χ2n) is 5.21. The zero-order chi connectivity index (χ0) is 14.5. The molecule has 0 saturated carbocycles. The van der Waals surface area contributed by atoms with Crippen molar-refractivity contribution >= 4 is 21.8 Å². The minimum atomic E-state index is -0.0921. The SMILES string of the molecule is CCCN(CC1CCCN1)C(=O)c1ccc(Br)cc1O. The summed E-state index contributed by atoms with van der Waals surface area (Å²) in [5, 5.41) is 13.4. The minimum absolute atomic E-state index is 0.0323. The number of carbonyl (C=O) groups excluding carboxylic acids is 1. The molecule has 0 radical (unpaired) electrons. The molecule has 20 heavy (non-hydrogen) atoms. The molecule has 1 aliphatic heterocycles. The first-order valence-corrected chi connectivity index (χ1v) is 7.92. The number of phenolic OH excluding ortho intramolecular Hbond substituents is 1. The first-order chi connectivity index (χ1) is 9.61. The molecule has 2 N–H and O–H groups in total. The predicted molar refractivity (Wildman–Crippen MR) is 83.0 cm³/mol. The summed E-state index contributed by atoms with van der Waals surface area (Å²) in [6.45, 7) is 4.51. The zero-order valence-electron chi connectivity index (χ0n) is 11.7. The molecule has 0 aliphatic carbocycles. The molecule has 1 saturated heterocycles. The average Bonchev–Trinajstić information content (AvgIpc) is 2.90. The van der Waals surface area contributed by atoms with Crippen LogP contribution >= 0.6 is 15.9 Å². The summed E-state index contributed by atoms with van der Waals surface area (Å²) < 4.78 is 0.769. The smallest absolute Gasteiger partial charge is 0.257 e. The van der Waals surface area contributed by atoms with Crippen LogP contribution in [0.15, 0.2) is 22.7 Å². The summed E-state index contributed by atoms with van der Waals surface area (Å²) in [6, 6.07) is 5.39. The van der Waals surface area contributed by atoms with Crippen LogP contribution in [0.2, 0.25) is 0 Å². The molecule has 0 bridgehead atoms. The third kappa shape index (κ3) is 3.73. The van der Waals surface area contributed by atoms with Crippen molar-refractivity contribution in [1.29, 1.82) is 0 Å². The van der Waals surface area contributed by atoms with Crippen molar-refractivity contribution in [3.8, 4) is 5.75 Å². The van der Waals surface area contributed by atoms with E-state index in [0.717, 1.165) is 23.9 Å². The van der Waals surface area contributed by atoms with Gasteiger partial charge < -0.3 is 15.3 Å². The molecule has 1 aromatic carbocycles. The molecule has 1 aromatic rings. The maximum atomic E-state index is 12.6. The van der Waals surface area contributed by atoms with Crippen LogP contribution in [0.25, 0.3) is 0 Å². The average molecular weight is 341 g/mol. The van der Waals surface area contributed by atoms with Crippen molar-refractivity contribution in [3.63, 3.8) is 0 Å². The monoisotopic (exact) mass is 340 g/mol. The molecule has 1 aliphatic rings. The van der Waals surface area contributed by atoms with E-state index in [1.165, 1.54) is 6.42 Å². The molecular weight excluding hydrogens is 320 g/mol. The Hall–Kier alpha value is -1.07. The van der Waals surface area contributed by atoms with Gasteiger partial charge in [-0.15, -0.1) is 0 Å². The van der Waals surface area contributed by atoms with Gasteiger partial charge in [0.15, 0.2) is 0 Å². The van der Waals surface area contributed by atoms with Crippen LogP contribution in [0.4, 0.5) is 0 Å². The Kier molecular flexibility index (Phi) is 5.43. The number of nitrogens with one attached hydrogen (secondary N) is 1. The largest absolute Gasteiger partial charge is 0.507 e. The molecule has 1 atom stereocenters. The van der Waals surface area contributed by atoms with Crippen molar-refractivity contribution in [2.24, 2.45) is 0 Å². The van der Waals surface area contributed by atoms with Crippen LogP contribution < -0.4 is 5.32 Å². The van der Waals surface area contributed by atoms with Gasteiger partial charge in [0.1, 0.15) is 5.75 Å². The van der Waals surface area contributed by atoms with Gasteiger partial charge in [-0.1, -0.05) is 22.9 Å². The Morgan fingerprint density at radius 2 is 2.35 bits per heavy atom. The highest BCUT2D eigenvalue weighted by atomic mass is 79.9. The van der Waals surface area contributed by atoms with Crippen molar-refractivity contribution in [1.82, 2.24) is 10.2 Å². The van der Waals surface area contributed by atoms with E-state index >= 15 is 0 Å². The van der Waals surface area contributed by atoms with Gasteiger partial charge in [-0.2, -0.15) is 0 Å². The van der Waals surface area contributed by atoms with Crippen LogP contribution in [-0.2, 0) is 0 Å². The second kappa shape index (κ2) is 7.09. The third-order valence-corrected chi connectivity index (χ3v) is 4.07. The van der Waals surface area contributed by atoms with E-state index in [4.69, 9.17) is 0 Å². The van der Waals surface area contributed by atoms with E-state index in [9.17, 15) is 9.90 Å². The van der Waals surface area contributed by atoms with Crippen LogP contribution in [0.3, 0.4) is 0 Å². The summed E-state index contributed by atoms with van der Waals surface area (Å²) in [5.41, 5.74) is 0.375. The second-order valence-corrected chi connectivity index (χ2v) is 6.12. The molecule has 4 nitrogen and oxygen atoms in total. The number of carbonyl (C=O) groups is 1. The molecule has 0 aromatic heterocycles. The van der Waals surface area contributed by atoms with Crippen molar-refractivity contribution in [3.05, 3.63) is 28.2 Å². The molecular formula is C15H21BrN2O2. The minimum Gasteiger partial charge on any atom is -0.507 e. The normalized spacial score (nSPS) is 18.2. The van der Waals surface area contributed by atoms with Crippen molar-refractivity contribution < 1.29 is 9.90 Å². The van der Waals surface area contributed by atoms with E-state index in [2.05, 4.69) is 28.2 Å². The van der Waals surface area contributed by atoms with Gasteiger partial charge in [0.05, 0.1) is 5.56 Å². The Morgan fingerprint density at radius 3 is 2.95 bits per heavy atom. The molecule has 110 valence electrons. The molecule has 1 fully saturated rings. The highest BCUT2D eigenvalue weighted by Crippen LogP contribution is 2.24. The van der Waals surface area contributed by atoms with Crippen LogP contribution in [0.1, 0.15) is 36.5 Å². The first kappa shape index (κ1) is 15.3. The van der Waals surface area contributed by atoms with E-state index < -0.39 is 0 Å².